The summed E-state index contributed by atoms with van der Waals surface area (Å²) in [6.45, 7) is 17.6. The molecule has 0 amide bonds. The summed E-state index contributed by atoms with van der Waals surface area (Å²) in [7, 11) is 0. The van der Waals surface area contributed by atoms with Gasteiger partial charge in [0.25, 0.3) is 0 Å². The Bertz CT molecular complexity index is 393. The molecule has 134 valence electrons. The molecular weight excluding hydrogens is 288 g/mol. The maximum Gasteiger partial charge on any atom is 0.309 e. The van der Waals surface area contributed by atoms with Gasteiger partial charge in [-0.05, 0) is 80.3 Å². The molecule has 0 aromatic heterocycles. The van der Waals surface area contributed by atoms with Crippen LogP contribution in [0, 0.1) is 5.92 Å². The molecule has 2 rings (SSSR count). The zero-order valence-electron chi connectivity index (χ0n) is 16.0. The van der Waals surface area contributed by atoms with Crippen LogP contribution in [-0.4, -0.2) is 59.1 Å². The van der Waals surface area contributed by atoms with Crippen LogP contribution in [0.4, 0.5) is 0 Å². The molecule has 0 bridgehead atoms. The highest BCUT2D eigenvalue weighted by Crippen LogP contribution is 2.27. The second kappa shape index (κ2) is 7.10. The number of hydrogen-bond donors (Lipinski definition) is 0. The van der Waals surface area contributed by atoms with Crippen molar-refractivity contribution in [2.75, 3.05) is 26.2 Å². The average molecular weight is 325 g/mol. The van der Waals surface area contributed by atoms with Crippen LogP contribution in [0.1, 0.15) is 67.2 Å². The monoisotopic (exact) mass is 324 g/mol. The predicted octanol–water partition coefficient (Wildman–Crippen LogP) is 3.30. The van der Waals surface area contributed by atoms with E-state index in [1.54, 1.807) is 0 Å². The summed E-state index contributed by atoms with van der Waals surface area (Å²) in [5.41, 5.74) is 0.420. The highest BCUT2D eigenvalue weighted by Gasteiger charge is 2.33. The average Bonchev–Trinajstić information content (AvgIpc) is 2.46. The molecule has 0 N–H and O–H groups in total. The first-order chi connectivity index (χ1) is 10.6. The number of rotatable bonds is 2. The Morgan fingerprint density at radius 2 is 1.17 bits per heavy atom. The maximum absolute atomic E-state index is 12.4. The van der Waals surface area contributed by atoms with Crippen molar-refractivity contribution in [1.82, 2.24) is 9.80 Å². The van der Waals surface area contributed by atoms with E-state index in [1.165, 1.54) is 0 Å². The summed E-state index contributed by atoms with van der Waals surface area (Å²) in [5.74, 6) is 0.155. The van der Waals surface area contributed by atoms with E-state index in [2.05, 4.69) is 51.3 Å². The summed E-state index contributed by atoms with van der Waals surface area (Å²) >= 11 is 0. The van der Waals surface area contributed by atoms with Gasteiger partial charge in [-0.2, -0.15) is 0 Å². The number of carbonyl (C=O) groups is 1. The summed E-state index contributed by atoms with van der Waals surface area (Å²) in [6.07, 6.45) is 3.96. The smallest absolute Gasteiger partial charge is 0.309 e. The van der Waals surface area contributed by atoms with Gasteiger partial charge in [0.1, 0.15) is 6.10 Å². The van der Waals surface area contributed by atoms with Crippen molar-refractivity contribution in [1.29, 1.82) is 0 Å². The van der Waals surface area contributed by atoms with Gasteiger partial charge < -0.3 is 4.74 Å². The van der Waals surface area contributed by atoms with E-state index in [0.717, 1.165) is 51.9 Å². The fourth-order valence-corrected chi connectivity index (χ4v) is 3.69. The predicted molar refractivity (Wildman–Crippen MR) is 94.5 cm³/mol. The van der Waals surface area contributed by atoms with Crippen molar-refractivity contribution in [3.8, 4) is 0 Å². The second-order valence-corrected chi connectivity index (χ2v) is 9.23. The topological polar surface area (TPSA) is 32.8 Å². The molecule has 2 aliphatic rings. The molecule has 0 unspecified atom stereocenters. The lowest BCUT2D eigenvalue weighted by Gasteiger charge is -2.42. The molecule has 2 saturated heterocycles. The van der Waals surface area contributed by atoms with Crippen molar-refractivity contribution >= 4 is 5.97 Å². The van der Waals surface area contributed by atoms with Crippen LogP contribution < -0.4 is 0 Å². The quantitative estimate of drug-likeness (QED) is 0.730. The molecule has 0 atom stereocenters. The Labute approximate surface area is 142 Å². The first-order valence-electron chi connectivity index (χ1n) is 9.28. The third-order valence-corrected chi connectivity index (χ3v) is 5.45. The van der Waals surface area contributed by atoms with Crippen LogP contribution in [-0.2, 0) is 9.53 Å². The highest BCUT2D eigenvalue weighted by molar-refractivity contribution is 5.72. The van der Waals surface area contributed by atoms with Gasteiger partial charge in [0.15, 0.2) is 0 Å². The molecule has 0 aliphatic carbocycles. The van der Waals surface area contributed by atoms with E-state index in [-0.39, 0.29) is 29.1 Å². The fraction of sp³-hybridized carbons (Fsp3) is 0.947. The first-order valence-corrected chi connectivity index (χ1v) is 9.28. The third kappa shape index (κ3) is 5.18. The Kier molecular flexibility index (Phi) is 5.78. The maximum atomic E-state index is 12.4. The zero-order chi connectivity index (χ0) is 17.3. The minimum atomic E-state index is 0.0489. The molecular formula is C19H36N2O2. The van der Waals surface area contributed by atoms with Crippen molar-refractivity contribution < 1.29 is 9.53 Å². The second-order valence-electron chi connectivity index (χ2n) is 9.23. The molecule has 0 spiro atoms. The molecule has 2 heterocycles. The Balaban J connectivity index is 1.74. The number of piperidine rings is 2. The largest absolute Gasteiger partial charge is 0.462 e. The molecule has 2 aliphatic heterocycles. The van der Waals surface area contributed by atoms with E-state index in [1.807, 2.05) is 0 Å². The van der Waals surface area contributed by atoms with Crippen molar-refractivity contribution in [3.05, 3.63) is 0 Å². The van der Waals surface area contributed by atoms with Crippen LogP contribution in [0.5, 0.6) is 0 Å². The van der Waals surface area contributed by atoms with Crippen LogP contribution >= 0.6 is 0 Å². The molecule has 23 heavy (non-hydrogen) atoms. The molecule has 4 heteroatoms. The number of nitrogens with zero attached hydrogens (tertiary/aromatic N) is 2. The fourth-order valence-electron chi connectivity index (χ4n) is 3.69. The van der Waals surface area contributed by atoms with E-state index in [0.29, 0.717) is 0 Å². The summed E-state index contributed by atoms with van der Waals surface area (Å²) in [6, 6.07) is 0. The standard InChI is InChI=1S/C19H36N2O2/c1-18(2,3)20-11-7-15(8-12-20)17(22)23-16-9-13-21(14-10-16)19(4,5)6/h15-16H,7-14H2,1-6H3. The molecule has 0 saturated carbocycles. The van der Waals surface area contributed by atoms with E-state index in [4.69, 9.17) is 4.74 Å². The van der Waals surface area contributed by atoms with E-state index >= 15 is 0 Å². The Morgan fingerprint density at radius 3 is 1.57 bits per heavy atom. The van der Waals surface area contributed by atoms with Crippen molar-refractivity contribution in [3.63, 3.8) is 0 Å². The Morgan fingerprint density at radius 1 is 0.783 bits per heavy atom. The first kappa shape index (κ1) is 18.7. The van der Waals surface area contributed by atoms with Crippen molar-refractivity contribution in [2.45, 2.75) is 84.4 Å². The minimum absolute atomic E-state index is 0.0489. The van der Waals surface area contributed by atoms with Gasteiger partial charge in [-0.1, -0.05) is 0 Å². The number of likely N-dealkylation sites (tertiary alicyclic amines) is 2. The molecule has 4 nitrogen and oxygen atoms in total. The summed E-state index contributed by atoms with van der Waals surface area (Å²) in [4.78, 5) is 17.4. The van der Waals surface area contributed by atoms with Crippen molar-refractivity contribution in [2.24, 2.45) is 5.92 Å². The highest BCUT2D eigenvalue weighted by atomic mass is 16.5. The number of carbonyl (C=O) groups excluding carboxylic acids is 1. The summed E-state index contributed by atoms with van der Waals surface area (Å²) < 4.78 is 5.83. The third-order valence-electron chi connectivity index (χ3n) is 5.45. The number of ether oxygens (including phenoxy) is 1. The molecule has 2 fully saturated rings. The van der Waals surface area contributed by atoms with Gasteiger partial charge >= 0.3 is 5.97 Å². The molecule has 0 aromatic rings. The van der Waals surface area contributed by atoms with Crippen LogP contribution in [0.25, 0.3) is 0 Å². The lowest BCUT2D eigenvalue weighted by atomic mass is 9.93. The van der Waals surface area contributed by atoms with E-state index in [9.17, 15) is 4.79 Å². The molecule has 0 radical (unpaired) electrons. The van der Waals surface area contributed by atoms with Gasteiger partial charge in [0, 0.05) is 24.2 Å². The van der Waals surface area contributed by atoms with Gasteiger partial charge in [0.05, 0.1) is 5.92 Å². The van der Waals surface area contributed by atoms with Gasteiger partial charge in [-0.25, -0.2) is 0 Å². The van der Waals surface area contributed by atoms with Crippen LogP contribution in [0.2, 0.25) is 0 Å². The Hall–Kier alpha value is -0.610. The zero-order valence-corrected chi connectivity index (χ0v) is 16.0. The number of esters is 1. The summed E-state index contributed by atoms with van der Waals surface area (Å²) in [5, 5.41) is 0. The van der Waals surface area contributed by atoms with Crippen LogP contribution in [0.3, 0.4) is 0 Å². The normalized spacial score (nSPS) is 23.9. The van der Waals surface area contributed by atoms with Gasteiger partial charge in [-0.3, -0.25) is 14.6 Å². The van der Waals surface area contributed by atoms with Gasteiger partial charge in [0.2, 0.25) is 0 Å². The number of hydrogen-bond acceptors (Lipinski definition) is 4. The van der Waals surface area contributed by atoms with Gasteiger partial charge in [-0.15, -0.1) is 0 Å². The van der Waals surface area contributed by atoms with Crippen LogP contribution in [0.15, 0.2) is 0 Å². The molecule has 0 aromatic carbocycles. The lowest BCUT2D eigenvalue weighted by Crippen LogP contribution is -2.49. The minimum Gasteiger partial charge on any atom is -0.462 e. The lowest BCUT2D eigenvalue weighted by molar-refractivity contribution is -0.159. The van der Waals surface area contributed by atoms with E-state index < -0.39 is 0 Å². The SMILES string of the molecule is CC(C)(C)N1CCC(OC(=O)C2CCN(C(C)(C)C)CC2)CC1.